The molecule has 0 saturated heterocycles. The van der Waals surface area contributed by atoms with E-state index in [4.69, 9.17) is 9.47 Å². The Labute approximate surface area is 193 Å². The lowest BCUT2D eigenvalue weighted by Gasteiger charge is -2.27. The first-order chi connectivity index (χ1) is 15.0. The highest BCUT2D eigenvalue weighted by Crippen LogP contribution is 2.30. The van der Waals surface area contributed by atoms with Crippen molar-refractivity contribution in [2.45, 2.75) is 137 Å². The van der Waals surface area contributed by atoms with Gasteiger partial charge in [-0.05, 0) is 31.6 Å². The van der Waals surface area contributed by atoms with Crippen molar-refractivity contribution in [1.82, 2.24) is 0 Å². The normalized spacial score (nSPS) is 12.5. The molecule has 0 radical (unpaired) electrons. The zero-order valence-electron chi connectivity index (χ0n) is 21.4. The van der Waals surface area contributed by atoms with E-state index in [-0.39, 0.29) is 0 Å². The van der Waals surface area contributed by atoms with Crippen molar-refractivity contribution in [3.8, 4) is 0 Å². The molecule has 0 rings (SSSR count). The van der Waals surface area contributed by atoms with Crippen LogP contribution in [-0.2, 0) is 19.1 Å². The lowest BCUT2D eigenvalue weighted by Crippen LogP contribution is -2.41. The summed E-state index contributed by atoms with van der Waals surface area (Å²) in [6.07, 6.45) is 18.0. The Balaban J connectivity index is 3.98. The van der Waals surface area contributed by atoms with Crippen LogP contribution in [-0.4, -0.2) is 25.2 Å². The maximum atomic E-state index is 12.7. The molecule has 0 aromatic rings. The average Bonchev–Trinajstić information content (AvgIpc) is 2.78. The van der Waals surface area contributed by atoms with Gasteiger partial charge in [-0.15, -0.1) is 0 Å². The highest BCUT2D eigenvalue weighted by molar-refractivity contribution is 5.99. The van der Waals surface area contributed by atoms with Crippen LogP contribution in [0, 0.1) is 11.3 Å². The van der Waals surface area contributed by atoms with Crippen LogP contribution in [0.2, 0.25) is 0 Å². The molecule has 0 aliphatic carbocycles. The Kier molecular flexibility index (Phi) is 18.9. The summed E-state index contributed by atoms with van der Waals surface area (Å²) in [5, 5.41) is 0. The standard InChI is InChI=1S/C27H52O4/c1-6-10-11-12-13-14-15-16-17-18-19-20-22-30-25(28)27(8-3,9-4)26(29)31-23-21-24(5)7-2/h24H,6-23H2,1-5H3. The van der Waals surface area contributed by atoms with E-state index in [0.717, 1.165) is 25.7 Å². The van der Waals surface area contributed by atoms with Crippen LogP contribution in [0.25, 0.3) is 0 Å². The molecule has 4 heteroatoms. The smallest absolute Gasteiger partial charge is 0.323 e. The topological polar surface area (TPSA) is 52.6 Å². The van der Waals surface area contributed by atoms with Gasteiger partial charge in [-0.3, -0.25) is 9.59 Å². The molecule has 0 spiro atoms. The minimum atomic E-state index is -1.15. The van der Waals surface area contributed by atoms with E-state index in [0.29, 0.717) is 32.0 Å². The molecule has 0 aromatic carbocycles. The Morgan fingerprint density at radius 3 is 1.48 bits per heavy atom. The molecule has 4 nitrogen and oxygen atoms in total. The van der Waals surface area contributed by atoms with Gasteiger partial charge < -0.3 is 9.47 Å². The van der Waals surface area contributed by atoms with Crippen LogP contribution < -0.4 is 0 Å². The molecule has 0 heterocycles. The number of rotatable bonds is 21. The molecule has 0 N–H and O–H groups in total. The van der Waals surface area contributed by atoms with Crippen LogP contribution in [0.3, 0.4) is 0 Å². The van der Waals surface area contributed by atoms with E-state index in [9.17, 15) is 9.59 Å². The number of carbonyl (C=O) groups excluding carboxylic acids is 2. The highest BCUT2D eigenvalue weighted by Gasteiger charge is 2.45. The molecule has 0 bridgehead atoms. The first-order valence-corrected chi connectivity index (χ1v) is 13.3. The molecule has 1 unspecified atom stereocenters. The third kappa shape index (κ3) is 13.2. The number of unbranched alkanes of at least 4 members (excludes halogenated alkanes) is 11. The number of esters is 2. The van der Waals surface area contributed by atoms with E-state index < -0.39 is 17.4 Å². The van der Waals surface area contributed by atoms with E-state index in [1.165, 1.54) is 64.2 Å². The second-order valence-electron chi connectivity index (χ2n) is 9.25. The van der Waals surface area contributed by atoms with Crippen molar-refractivity contribution >= 4 is 11.9 Å². The van der Waals surface area contributed by atoms with Gasteiger partial charge in [0.15, 0.2) is 5.41 Å². The maximum Gasteiger partial charge on any atom is 0.323 e. The van der Waals surface area contributed by atoms with Crippen LogP contribution in [0.15, 0.2) is 0 Å². The second kappa shape index (κ2) is 19.6. The van der Waals surface area contributed by atoms with E-state index in [2.05, 4.69) is 20.8 Å². The van der Waals surface area contributed by atoms with Gasteiger partial charge >= 0.3 is 11.9 Å². The quantitative estimate of drug-likeness (QED) is 0.103. The number of hydrogen-bond donors (Lipinski definition) is 0. The minimum absolute atomic E-state index is 0.377. The Hall–Kier alpha value is -1.06. The number of carbonyl (C=O) groups is 2. The van der Waals surface area contributed by atoms with Crippen LogP contribution in [0.5, 0.6) is 0 Å². The Bertz CT molecular complexity index is 443. The largest absolute Gasteiger partial charge is 0.465 e. The van der Waals surface area contributed by atoms with Gasteiger partial charge in [0.1, 0.15) is 0 Å². The molecule has 31 heavy (non-hydrogen) atoms. The molecule has 0 aliphatic heterocycles. The summed E-state index contributed by atoms with van der Waals surface area (Å²) in [7, 11) is 0. The van der Waals surface area contributed by atoms with Gasteiger partial charge in [-0.25, -0.2) is 0 Å². The summed E-state index contributed by atoms with van der Waals surface area (Å²) in [5.74, 6) is -0.308. The van der Waals surface area contributed by atoms with Crippen LogP contribution >= 0.6 is 0 Å². The molecule has 0 aliphatic rings. The Morgan fingerprint density at radius 1 is 0.645 bits per heavy atom. The van der Waals surface area contributed by atoms with Gasteiger partial charge in [-0.2, -0.15) is 0 Å². The fraction of sp³-hybridized carbons (Fsp3) is 0.926. The van der Waals surface area contributed by atoms with Gasteiger partial charge in [0.2, 0.25) is 0 Å². The van der Waals surface area contributed by atoms with Crippen molar-refractivity contribution in [1.29, 1.82) is 0 Å². The first kappa shape index (κ1) is 29.9. The molecule has 0 amide bonds. The number of ether oxygens (including phenoxy) is 2. The predicted octanol–water partition coefficient (Wildman–Crippen LogP) is 8.02. The zero-order chi connectivity index (χ0) is 23.4. The summed E-state index contributed by atoms with van der Waals surface area (Å²) in [6, 6.07) is 0. The van der Waals surface area contributed by atoms with Gasteiger partial charge in [0.25, 0.3) is 0 Å². The molecular formula is C27H52O4. The monoisotopic (exact) mass is 440 g/mol. The highest BCUT2D eigenvalue weighted by atomic mass is 16.6. The lowest BCUT2D eigenvalue weighted by molar-refractivity contribution is -0.173. The first-order valence-electron chi connectivity index (χ1n) is 13.3. The summed E-state index contributed by atoms with van der Waals surface area (Å²) in [4.78, 5) is 25.3. The van der Waals surface area contributed by atoms with Crippen LogP contribution in [0.4, 0.5) is 0 Å². The second-order valence-corrected chi connectivity index (χ2v) is 9.25. The third-order valence-corrected chi connectivity index (χ3v) is 6.76. The Morgan fingerprint density at radius 2 is 1.06 bits per heavy atom. The SMILES string of the molecule is CCCCCCCCCCCCCCOC(=O)C(CC)(CC)C(=O)OCCC(C)CC. The molecule has 0 saturated carbocycles. The van der Waals surface area contributed by atoms with Crippen molar-refractivity contribution in [2.24, 2.45) is 11.3 Å². The molecule has 184 valence electrons. The van der Waals surface area contributed by atoms with Gasteiger partial charge in [-0.1, -0.05) is 112 Å². The minimum Gasteiger partial charge on any atom is -0.465 e. The molecular weight excluding hydrogens is 388 g/mol. The molecule has 0 aromatic heterocycles. The predicted molar refractivity (Wildman–Crippen MR) is 130 cm³/mol. The van der Waals surface area contributed by atoms with Crippen molar-refractivity contribution in [2.75, 3.05) is 13.2 Å². The van der Waals surface area contributed by atoms with Crippen LogP contribution in [0.1, 0.15) is 137 Å². The van der Waals surface area contributed by atoms with Crippen molar-refractivity contribution in [3.63, 3.8) is 0 Å². The van der Waals surface area contributed by atoms with E-state index in [1.807, 2.05) is 13.8 Å². The zero-order valence-corrected chi connectivity index (χ0v) is 21.4. The fourth-order valence-corrected chi connectivity index (χ4v) is 3.85. The number of hydrogen-bond acceptors (Lipinski definition) is 4. The fourth-order valence-electron chi connectivity index (χ4n) is 3.85. The van der Waals surface area contributed by atoms with Gasteiger partial charge in [0.05, 0.1) is 13.2 Å². The lowest BCUT2D eigenvalue weighted by atomic mass is 9.82. The maximum absolute atomic E-state index is 12.7. The summed E-state index contributed by atoms with van der Waals surface area (Å²) >= 11 is 0. The van der Waals surface area contributed by atoms with Gasteiger partial charge in [0, 0.05) is 0 Å². The summed E-state index contributed by atoms with van der Waals surface area (Å²) in [5.41, 5.74) is -1.15. The van der Waals surface area contributed by atoms with E-state index in [1.54, 1.807) is 0 Å². The average molecular weight is 441 g/mol. The summed E-state index contributed by atoms with van der Waals surface area (Å²) < 4.78 is 11.0. The molecule has 1 atom stereocenters. The molecule has 0 fully saturated rings. The van der Waals surface area contributed by atoms with Crippen molar-refractivity contribution < 1.29 is 19.1 Å². The van der Waals surface area contributed by atoms with E-state index >= 15 is 0 Å². The summed E-state index contributed by atoms with van der Waals surface area (Å²) in [6.45, 7) is 11.0. The van der Waals surface area contributed by atoms with Crippen molar-refractivity contribution in [3.05, 3.63) is 0 Å². The third-order valence-electron chi connectivity index (χ3n) is 6.76.